The van der Waals surface area contributed by atoms with Crippen molar-refractivity contribution in [3.05, 3.63) is 59.7 Å². The molecule has 0 aromatic heterocycles. The maximum atomic E-state index is 11.8. The Hall–Kier alpha value is -2.82. The monoisotopic (exact) mass is 312 g/mol. The zero-order chi connectivity index (χ0) is 16.7. The first-order chi connectivity index (χ1) is 11.1. The van der Waals surface area contributed by atoms with Crippen LogP contribution in [0.25, 0.3) is 0 Å². The summed E-state index contributed by atoms with van der Waals surface area (Å²) in [5.74, 6) is -0.677. The number of nitrogens with one attached hydrogen (secondary N) is 2. The fourth-order valence-electron chi connectivity index (χ4n) is 2.02. The van der Waals surface area contributed by atoms with E-state index in [1.54, 1.807) is 31.4 Å². The summed E-state index contributed by atoms with van der Waals surface area (Å²) in [5, 5.41) is 5.14. The number of carbonyl (C=O) groups is 2. The van der Waals surface area contributed by atoms with E-state index in [0.29, 0.717) is 18.0 Å². The van der Waals surface area contributed by atoms with E-state index in [0.717, 1.165) is 12.0 Å². The molecular formula is C18H20N2O3. The zero-order valence-electron chi connectivity index (χ0n) is 13.3. The normalized spacial score (nSPS) is 10.0. The Morgan fingerprint density at radius 2 is 1.52 bits per heavy atom. The van der Waals surface area contributed by atoms with Crippen molar-refractivity contribution < 1.29 is 14.3 Å². The van der Waals surface area contributed by atoms with E-state index in [9.17, 15) is 9.59 Å². The van der Waals surface area contributed by atoms with Gasteiger partial charge in [0.25, 0.3) is 0 Å². The molecule has 0 aliphatic heterocycles. The minimum absolute atomic E-state index is 0.318. The highest BCUT2D eigenvalue weighted by molar-refractivity contribution is 6.39. The van der Waals surface area contributed by atoms with Crippen molar-refractivity contribution in [1.29, 1.82) is 0 Å². The van der Waals surface area contributed by atoms with Crippen LogP contribution in [-0.2, 0) is 22.6 Å². The molecule has 2 aromatic rings. The first-order valence-corrected chi connectivity index (χ1v) is 7.43. The van der Waals surface area contributed by atoms with Gasteiger partial charge in [-0.05, 0) is 41.8 Å². The molecule has 2 rings (SSSR count). The molecule has 2 amide bonds. The first-order valence-electron chi connectivity index (χ1n) is 7.43. The number of amides is 2. The number of rotatable bonds is 5. The second-order valence-electron chi connectivity index (χ2n) is 5.04. The van der Waals surface area contributed by atoms with Crippen LogP contribution in [0.3, 0.4) is 0 Å². The van der Waals surface area contributed by atoms with Gasteiger partial charge in [-0.2, -0.15) is 0 Å². The van der Waals surface area contributed by atoms with E-state index in [1.807, 2.05) is 24.3 Å². The van der Waals surface area contributed by atoms with E-state index in [2.05, 4.69) is 17.6 Å². The Bertz CT molecular complexity index is 664. The summed E-state index contributed by atoms with van der Waals surface area (Å²) in [5.41, 5.74) is 2.73. The molecule has 5 nitrogen and oxygen atoms in total. The lowest BCUT2D eigenvalue weighted by atomic mass is 10.1. The van der Waals surface area contributed by atoms with Crippen LogP contribution in [0.5, 0.6) is 5.75 Å². The first kappa shape index (κ1) is 16.5. The maximum Gasteiger partial charge on any atom is 0.313 e. The van der Waals surface area contributed by atoms with Crippen LogP contribution in [0.1, 0.15) is 18.1 Å². The van der Waals surface area contributed by atoms with E-state index < -0.39 is 11.8 Å². The molecule has 0 spiro atoms. The predicted octanol–water partition coefficient (Wildman–Crippen LogP) is 2.51. The lowest BCUT2D eigenvalue weighted by Crippen LogP contribution is -2.34. The molecule has 0 saturated carbocycles. The van der Waals surface area contributed by atoms with Gasteiger partial charge in [0, 0.05) is 12.2 Å². The second kappa shape index (κ2) is 7.98. The van der Waals surface area contributed by atoms with E-state index >= 15 is 0 Å². The summed E-state index contributed by atoms with van der Waals surface area (Å²) in [7, 11) is 1.56. The number of benzene rings is 2. The smallest absolute Gasteiger partial charge is 0.313 e. The molecular weight excluding hydrogens is 292 g/mol. The minimum Gasteiger partial charge on any atom is -0.497 e. The highest BCUT2D eigenvalue weighted by Crippen LogP contribution is 2.14. The molecule has 0 heterocycles. The Morgan fingerprint density at radius 3 is 2.09 bits per heavy atom. The minimum atomic E-state index is -0.694. The van der Waals surface area contributed by atoms with E-state index in [4.69, 9.17) is 4.74 Å². The van der Waals surface area contributed by atoms with Crippen molar-refractivity contribution >= 4 is 17.5 Å². The van der Waals surface area contributed by atoms with Crippen molar-refractivity contribution in [2.45, 2.75) is 19.9 Å². The zero-order valence-corrected chi connectivity index (χ0v) is 13.3. The van der Waals surface area contributed by atoms with Crippen molar-refractivity contribution in [1.82, 2.24) is 5.32 Å². The molecule has 0 bridgehead atoms. The molecule has 0 aliphatic carbocycles. The van der Waals surface area contributed by atoms with Gasteiger partial charge >= 0.3 is 11.8 Å². The van der Waals surface area contributed by atoms with Gasteiger partial charge in [-0.1, -0.05) is 31.2 Å². The van der Waals surface area contributed by atoms with Crippen LogP contribution in [-0.4, -0.2) is 18.9 Å². The van der Waals surface area contributed by atoms with Crippen LogP contribution in [0.15, 0.2) is 48.5 Å². The number of carbonyl (C=O) groups excluding carboxylic acids is 2. The maximum absolute atomic E-state index is 11.8. The van der Waals surface area contributed by atoms with Crippen molar-refractivity contribution in [2.75, 3.05) is 12.4 Å². The standard InChI is InChI=1S/C18H20N2O3/c1-3-13-4-6-14(7-5-13)12-19-17(21)18(22)20-15-8-10-16(23-2)11-9-15/h4-11H,3,12H2,1-2H3,(H,19,21)(H,20,22). The van der Waals surface area contributed by atoms with Gasteiger partial charge in [-0.15, -0.1) is 0 Å². The molecule has 0 fully saturated rings. The van der Waals surface area contributed by atoms with Crippen molar-refractivity contribution in [2.24, 2.45) is 0 Å². The second-order valence-corrected chi connectivity index (χ2v) is 5.04. The van der Waals surface area contributed by atoms with Gasteiger partial charge in [-0.3, -0.25) is 9.59 Å². The third kappa shape index (κ3) is 4.85. The summed E-state index contributed by atoms with van der Waals surface area (Å²) in [6.45, 7) is 2.40. The van der Waals surface area contributed by atoms with Gasteiger partial charge in [0.1, 0.15) is 5.75 Å². The lowest BCUT2D eigenvalue weighted by Gasteiger charge is -2.08. The Balaban J connectivity index is 1.85. The molecule has 0 unspecified atom stereocenters. The molecule has 0 atom stereocenters. The molecule has 0 aliphatic rings. The summed E-state index contributed by atoms with van der Waals surface area (Å²) in [6.07, 6.45) is 0.969. The average molecular weight is 312 g/mol. The summed E-state index contributed by atoms with van der Waals surface area (Å²) >= 11 is 0. The molecule has 23 heavy (non-hydrogen) atoms. The number of aryl methyl sites for hydroxylation is 1. The van der Waals surface area contributed by atoms with E-state index in [-0.39, 0.29) is 0 Å². The van der Waals surface area contributed by atoms with Crippen LogP contribution in [0.4, 0.5) is 5.69 Å². The molecule has 0 saturated heterocycles. The fraction of sp³-hybridized carbons (Fsp3) is 0.222. The predicted molar refractivity (Wildman–Crippen MR) is 89.3 cm³/mol. The van der Waals surface area contributed by atoms with E-state index in [1.165, 1.54) is 5.56 Å². The third-order valence-electron chi connectivity index (χ3n) is 3.44. The third-order valence-corrected chi connectivity index (χ3v) is 3.44. The highest BCUT2D eigenvalue weighted by atomic mass is 16.5. The fourth-order valence-corrected chi connectivity index (χ4v) is 2.02. The van der Waals surface area contributed by atoms with Crippen LogP contribution in [0, 0.1) is 0 Å². The van der Waals surface area contributed by atoms with Crippen molar-refractivity contribution in [3.8, 4) is 5.75 Å². The number of hydrogen-bond acceptors (Lipinski definition) is 3. The van der Waals surface area contributed by atoms with Gasteiger partial charge < -0.3 is 15.4 Å². The van der Waals surface area contributed by atoms with Crippen LogP contribution in [0.2, 0.25) is 0 Å². The molecule has 2 N–H and O–H groups in total. The summed E-state index contributed by atoms with van der Waals surface area (Å²) in [6, 6.07) is 14.7. The van der Waals surface area contributed by atoms with Crippen LogP contribution < -0.4 is 15.4 Å². The average Bonchev–Trinajstić information content (AvgIpc) is 2.60. The number of anilines is 1. The molecule has 120 valence electrons. The number of methoxy groups -OCH3 is 1. The van der Waals surface area contributed by atoms with Gasteiger partial charge in [-0.25, -0.2) is 0 Å². The molecule has 2 aromatic carbocycles. The van der Waals surface area contributed by atoms with Crippen LogP contribution >= 0.6 is 0 Å². The largest absolute Gasteiger partial charge is 0.497 e. The SMILES string of the molecule is CCc1ccc(CNC(=O)C(=O)Nc2ccc(OC)cc2)cc1. The number of hydrogen-bond donors (Lipinski definition) is 2. The summed E-state index contributed by atoms with van der Waals surface area (Å²) < 4.78 is 5.03. The van der Waals surface area contributed by atoms with Gasteiger partial charge in [0.05, 0.1) is 7.11 Å². The Morgan fingerprint density at radius 1 is 0.913 bits per heavy atom. The Kier molecular flexibility index (Phi) is 5.74. The number of ether oxygens (including phenoxy) is 1. The topological polar surface area (TPSA) is 67.4 Å². The van der Waals surface area contributed by atoms with Gasteiger partial charge in [0.2, 0.25) is 0 Å². The highest BCUT2D eigenvalue weighted by Gasteiger charge is 2.13. The quantitative estimate of drug-likeness (QED) is 0.834. The lowest BCUT2D eigenvalue weighted by molar-refractivity contribution is -0.136. The Labute approximate surface area is 135 Å². The summed E-state index contributed by atoms with van der Waals surface area (Å²) in [4.78, 5) is 23.7. The molecule has 5 heteroatoms. The van der Waals surface area contributed by atoms with Crippen molar-refractivity contribution in [3.63, 3.8) is 0 Å². The molecule has 0 radical (unpaired) electrons. The van der Waals surface area contributed by atoms with Gasteiger partial charge in [0.15, 0.2) is 0 Å².